The molecule has 0 atom stereocenters. The molecule has 0 spiro atoms. The first-order valence-electron chi connectivity index (χ1n) is 10.9. The number of likely N-dealkylation sites (tertiary alicyclic amines) is 1. The molecule has 2 fully saturated rings. The number of rotatable bonds is 6. The van der Waals surface area contributed by atoms with Crippen molar-refractivity contribution in [2.24, 2.45) is 4.99 Å². The van der Waals surface area contributed by atoms with Crippen LogP contribution in [0.2, 0.25) is 0 Å². The smallest absolute Gasteiger partial charge is 0.409 e. The molecule has 2 saturated heterocycles. The number of carbonyl (C=O) groups excluding carboxylic acids is 1. The molecule has 0 aromatic heterocycles. The van der Waals surface area contributed by atoms with Gasteiger partial charge in [0.25, 0.3) is 0 Å². The highest BCUT2D eigenvalue weighted by molar-refractivity contribution is 14.0. The number of hydrogen-bond donors (Lipinski definition) is 1. The minimum absolute atomic E-state index is 0. The maximum Gasteiger partial charge on any atom is 0.409 e. The van der Waals surface area contributed by atoms with Crippen LogP contribution < -0.4 is 5.32 Å². The number of guanidine groups is 1. The largest absolute Gasteiger partial charge is 0.450 e. The van der Waals surface area contributed by atoms with Crippen molar-refractivity contribution < 1.29 is 9.53 Å². The molecule has 0 bridgehead atoms. The average molecular weight is 529 g/mol. The molecule has 168 valence electrons. The van der Waals surface area contributed by atoms with Crippen molar-refractivity contribution >= 4 is 36.0 Å². The van der Waals surface area contributed by atoms with Crippen molar-refractivity contribution in [1.82, 2.24) is 20.0 Å². The van der Waals surface area contributed by atoms with E-state index in [0.29, 0.717) is 26.2 Å². The van der Waals surface area contributed by atoms with Gasteiger partial charge in [-0.05, 0) is 50.9 Å². The molecule has 1 N–H and O–H groups in total. The maximum atomic E-state index is 11.9. The van der Waals surface area contributed by atoms with Crippen molar-refractivity contribution in [2.45, 2.75) is 39.8 Å². The van der Waals surface area contributed by atoms with Crippen LogP contribution in [-0.4, -0.2) is 79.2 Å². The van der Waals surface area contributed by atoms with Crippen molar-refractivity contribution in [2.75, 3.05) is 52.4 Å². The Kier molecular flexibility index (Phi) is 10.7. The molecule has 8 heteroatoms. The Morgan fingerprint density at radius 1 is 0.967 bits per heavy atom. The standard InChI is InChI=1S/C22H35N5O2.HI/c1-3-23-21(26-13-15-27(16-14-26)22(28)29-4-2)24-17-19-7-9-20(10-8-19)18-25-11-5-6-12-25;/h7-10H,3-6,11-18H2,1-2H3,(H,23,24);1H. The van der Waals surface area contributed by atoms with E-state index in [2.05, 4.69) is 46.3 Å². The van der Waals surface area contributed by atoms with Crippen LogP contribution in [-0.2, 0) is 17.8 Å². The first-order chi connectivity index (χ1) is 14.2. The summed E-state index contributed by atoms with van der Waals surface area (Å²) >= 11 is 0. The summed E-state index contributed by atoms with van der Waals surface area (Å²) in [5.74, 6) is 0.914. The van der Waals surface area contributed by atoms with Gasteiger partial charge in [-0.15, -0.1) is 24.0 Å². The van der Waals surface area contributed by atoms with Gasteiger partial charge in [0.15, 0.2) is 5.96 Å². The molecular weight excluding hydrogens is 493 g/mol. The van der Waals surface area contributed by atoms with Gasteiger partial charge in [0.05, 0.1) is 13.2 Å². The minimum atomic E-state index is -0.219. The quantitative estimate of drug-likeness (QED) is 0.349. The van der Waals surface area contributed by atoms with Crippen molar-refractivity contribution in [3.63, 3.8) is 0 Å². The third-order valence-corrected chi connectivity index (χ3v) is 5.48. The molecule has 1 amide bonds. The zero-order valence-electron chi connectivity index (χ0n) is 18.3. The number of hydrogen-bond acceptors (Lipinski definition) is 4. The van der Waals surface area contributed by atoms with Crippen LogP contribution in [0.3, 0.4) is 0 Å². The number of ether oxygens (including phenoxy) is 1. The third-order valence-electron chi connectivity index (χ3n) is 5.48. The highest BCUT2D eigenvalue weighted by Crippen LogP contribution is 2.14. The van der Waals surface area contributed by atoms with E-state index >= 15 is 0 Å². The van der Waals surface area contributed by atoms with E-state index in [4.69, 9.17) is 9.73 Å². The van der Waals surface area contributed by atoms with Crippen LogP contribution in [0.5, 0.6) is 0 Å². The molecule has 0 unspecified atom stereocenters. The van der Waals surface area contributed by atoms with Crippen LogP contribution in [0, 0.1) is 0 Å². The lowest BCUT2D eigenvalue weighted by Crippen LogP contribution is -2.53. The molecule has 0 radical (unpaired) electrons. The first kappa shape index (κ1) is 24.7. The normalized spacial score (nSPS) is 17.6. The van der Waals surface area contributed by atoms with Crippen molar-refractivity contribution in [1.29, 1.82) is 0 Å². The average Bonchev–Trinajstić information content (AvgIpc) is 3.25. The predicted molar refractivity (Wildman–Crippen MR) is 131 cm³/mol. The van der Waals surface area contributed by atoms with Gasteiger partial charge >= 0.3 is 6.09 Å². The van der Waals surface area contributed by atoms with Gasteiger partial charge in [0.1, 0.15) is 0 Å². The topological polar surface area (TPSA) is 60.4 Å². The Morgan fingerprint density at radius 3 is 2.17 bits per heavy atom. The Morgan fingerprint density at radius 2 is 1.57 bits per heavy atom. The summed E-state index contributed by atoms with van der Waals surface area (Å²) in [7, 11) is 0. The zero-order chi connectivity index (χ0) is 20.5. The van der Waals surface area contributed by atoms with E-state index in [-0.39, 0.29) is 30.1 Å². The Balaban J connectivity index is 0.00000320. The number of benzene rings is 1. The lowest BCUT2D eigenvalue weighted by Gasteiger charge is -2.35. The maximum absolute atomic E-state index is 11.9. The zero-order valence-corrected chi connectivity index (χ0v) is 20.6. The molecule has 0 saturated carbocycles. The predicted octanol–water partition coefficient (Wildman–Crippen LogP) is 3.14. The second-order valence-electron chi connectivity index (χ2n) is 7.64. The van der Waals surface area contributed by atoms with Gasteiger partial charge < -0.3 is 19.9 Å². The number of nitrogens with zero attached hydrogens (tertiary/aromatic N) is 4. The number of amides is 1. The van der Waals surface area contributed by atoms with Gasteiger partial charge in [-0.2, -0.15) is 0 Å². The molecule has 2 heterocycles. The fourth-order valence-corrected chi connectivity index (χ4v) is 3.86. The van der Waals surface area contributed by atoms with Gasteiger partial charge in [0, 0.05) is 39.3 Å². The molecule has 1 aromatic carbocycles. The van der Waals surface area contributed by atoms with Crippen molar-refractivity contribution in [3.8, 4) is 0 Å². The highest BCUT2D eigenvalue weighted by Gasteiger charge is 2.23. The molecule has 1 aromatic rings. The Labute approximate surface area is 197 Å². The molecule has 2 aliphatic rings. The number of piperazine rings is 1. The summed E-state index contributed by atoms with van der Waals surface area (Å²) in [4.78, 5) is 23.2. The summed E-state index contributed by atoms with van der Waals surface area (Å²) < 4.78 is 5.10. The molecular formula is C22H36IN5O2. The van der Waals surface area contributed by atoms with E-state index in [1.54, 1.807) is 4.90 Å². The number of nitrogens with one attached hydrogen (secondary N) is 1. The SMILES string of the molecule is CCNC(=NCc1ccc(CN2CCCC2)cc1)N1CCN(C(=O)OCC)CC1.I. The fraction of sp³-hybridized carbons (Fsp3) is 0.636. The van der Waals surface area contributed by atoms with E-state index in [1.807, 2.05) is 6.92 Å². The summed E-state index contributed by atoms with van der Waals surface area (Å²) in [5.41, 5.74) is 2.59. The van der Waals surface area contributed by atoms with Gasteiger partial charge in [-0.1, -0.05) is 24.3 Å². The number of aliphatic imine (C=N–C) groups is 1. The fourth-order valence-electron chi connectivity index (χ4n) is 3.86. The molecule has 30 heavy (non-hydrogen) atoms. The summed E-state index contributed by atoms with van der Waals surface area (Å²) in [6.45, 7) is 12.2. The highest BCUT2D eigenvalue weighted by atomic mass is 127. The van der Waals surface area contributed by atoms with E-state index in [9.17, 15) is 4.79 Å². The van der Waals surface area contributed by atoms with Crippen LogP contribution in [0.4, 0.5) is 4.79 Å². The minimum Gasteiger partial charge on any atom is -0.450 e. The lowest BCUT2D eigenvalue weighted by molar-refractivity contribution is 0.0914. The van der Waals surface area contributed by atoms with Crippen LogP contribution in [0.25, 0.3) is 0 Å². The Bertz CT molecular complexity index is 669. The monoisotopic (exact) mass is 529 g/mol. The summed E-state index contributed by atoms with van der Waals surface area (Å²) in [6.07, 6.45) is 2.44. The van der Waals surface area contributed by atoms with Gasteiger partial charge in [-0.25, -0.2) is 9.79 Å². The van der Waals surface area contributed by atoms with E-state index in [1.165, 1.54) is 37.1 Å². The van der Waals surface area contributed by atoms with Crippen LogP contribution >= 0.6 is 24.0 Å². The molecule has 7 nitrogen and oxygen atoms in total. The molecule has 2 aliphatic heterocycles. The first-order valence-corrected chi connectivity index (χ1v) is 10.9. The number of halogens is 1. The molecule has 3 rings (SSSR count). The summed E-state index contributed by atoms with van der Waals surface area (Å²) in [6, 6.07) is 8.84. The molecule has 0 aliphatic carbocycles. The second-order valence-corrected chi connectivity index (χ2v) is 7.64. The second kappa shape index (κ2) is 13.0. The lowest BCUT2D eigenvalue weighted by atomic mass is 10.1. The number of carbonyl (C=O) groups is 1. The van der Waals surface area contributed by atoms with Gasteiger partial charge in [0.2, 0.25) is 0 Å². The Hall–Kier alpha value is -1.55. The van der Waals surface area contributed by atoms with Crippen molar-refractivity contribution in [3.05, 3.63) is 35.4 Å². The van der Waals surface area contributed by atoms with Gasteiger partial charge in [-0.3, -0.25) is 4.90 Å². The van der Waals surface area contributed by atoms with E-state index in [0.717, 1.165) is 32.1 Å². The third kappa shape index (κ3) is 7.30. The summed E-state index contributed by atoms with van der Waals surface area (Å²) in [5, 5.41) is 3.39. The van der Waals surface area contributed by atoms with E-state index < -0.39 is 0 Å². The van der Waals surface area contributed by atoms with Crippen LogP contribution in [0.1, 0.15) is 37.8 Å². The van der Waals surface area contributed by atoms with Crippen LogP contribution in [0.15, 0.2) is 29.3 Å².